The van der Waals surface area contributed by atoms with Gasteiger partial charge in [-0.1, -0.05) is 19.1 Å². The molecule has 1 fully saturated rings. The van der Waals surface area contributed by atoms with Crippen LogP contribution < -0.4 is 16.0 Å². The van der Waals surface area contributed by atoms with Gasteiger partial charge >= 0.3 is 0 Å². The molecule has 5 rings (SSSR count). The van der Waals surface area contributed by atoms with Crippen LogP contribution in [-0.4, -0.2) is 36.1 Å². The number of anilines is 2. The summed E-state index contributed by atoms with van der Waals surface area (Å²) in [6.45, 7) is 6.22. The molecule has 5 heteroatoms. The van der Waals surface area contributed by atoms with Crippen molar-refractivity contribution in [3.8, 4) is 0 Å². The second kappa shape index (κ2) is 6.48. The van der Waals surface area contributed by atoms with Crippen molar-refractivity contribution in [2.24, 2.45) is 5.73 Å². The van der Waals surface area contributed by atoms with Gasteiger partial charge in [0.05, 0.1) is 0 Å². The van der Waals surface area contributed by atoms with Crippen molar-refractivity contribution in [2.75, 3.05) is 36.4 Å². The van der Waals surface area contributed by atoms with Crippen LogP contribution in [0.2, 0.25) is 0 Å². The molecule has 5 nitrogen and oxygen atoms in total. The summed E-state index contributed by atoms with van der Waals surface area (Å²) in [7, 11) is 0. The maximum atomic E-state index is 5.78. The monoisotopic (exact) mass is 363 g/mol. The Morgan fingerprint density at radius 2 is 2.11 bits per heavy atom. The van der Waals surface area contributed by atoms with Crippen LogP contribution in [0.1, 0.15) is 54.5 Å². The lowest BCUT2D eigenvalue weighted by atomic mass is 9.74. The Balaban J connectivity index is 1.40. The first-order valence-corrected chi connectivity index (χ1v) is 10.4. The van der Waals surface area contributed by atoms with Crippen molar-refractivity contribution in [1.29, 1.82) is 0 Å². The number of aromatic nitrogens is 2. The fourth-order valence-corrected chi connectivity index (χ4v) is 5.33. The van der Waals surface area contributed by atoms with Gasteiger partial charge in [0, 0.05) is 42.0 Å². The van der Waals surface area contributed by atoms with E-state index in [-0.39, 0.29) is 5.41 Å². The summed E-state index contributed by atoms with van der Waals surface area (Å²) in [5.41, 5.74) is 12.9. The minimum absolute atomic E-state index is 0.262. The number of fused-ring (bicyclic) bond motifs is 3. The smallest absolute Gasteiger partial charge is 0.135 e. The van der Waals surface area contributed by atoms with E-state index in [9.17, 15) is 0 Å². The number of piperidine rings is 1. The van der Waals surface area contributed by atoms with E-state index in [0.29, 0.717) is 12.5 Å². The number of nitrogens with one attached hydrogen (secondary N) is 1. The Kier molecular flexibility index (Phi) is 4.08. The summed E-state index contributed by atoms with van der Waals surface area (Å²) in [4.78, 5) is 11.8. The van der Waals surface area contributed by atoms with Gasteiger partial charge in [0.2, 0.25) is 0 Å². The molecule has 3 N–H and O–H groups in total. The molecule has 1 spiro atoms. The quantitative estimate of drug-likeness (QED) is 0.877. The van der Waals surface area contributed by atoms with Crippen LogP contribution in [0.15, 0.2) is 24.5 Å². The number of hydrogen-bond donors (Lipinski definition) is 2. The minimum Gasteiger partial charge on any atom is -0.384 e. The van der Waals surface area contributed by atoms with Crippen molar-refractivity contribution in [3.63, 3.8) is 0 Å². The summed E-state index contributed by atoms with van der Waals surface area (Å²) in [6, 6.07) is 6.88. The molecule has 1 atom stereocenters. The van der Waals surface area contributed by atoms with Crippen LogP contribution in [0.25, 0.3) is 0 Å². The standard InChI is InChI=1S/C22H29N5/c1-15-2-4-19-20(15)21(26-14-25-19)27-10-7-22(8-11-27)13-24-18-5-3-16(6-9-23)12-17(18)22/h3,5,12,14-15,24H,2,4,6-11,13,23H2,1H3. The minimum atomic E-state index is 0.262. The van der Waals surface area contributed by atoms with Crippen molar-refractivity contribution >= 4 is 11.5 Å². The van der Waals surface area contributed by atoms with E-state index >= 15 is 0 Å². The van der Waals surface area contributed by atoms with Gasteiger partial charge in [0.25, 0.3) is 0 Å². The van der Waals surface area contributed by atoms with Crippen LogP contribution in [0.4, 0.5) is 11.5 Å². The molecule has 2 aliphatic heterocycles. The first kappa shape index (κ1) is 17.0. The van der Waals surface area contributed by atoms with Gasteiger partial charge < -0.3 is 16.0 Å². The normalized spacial score (nSPS) is 22.6. The Bertz CT molecular complexity index is 854. The Labute approximate surface area is 161 Å². The lowest BCUT2D eigenvalue weighted by Gasteiger charge is -2.40. The Morgan fingerprint density at radius 3 is 2.93 bits per heavy atom. The topological polar surface area (TPSA) is 67.1 Å². The third-order valence-corrected chi connectivity index (χ3v) is 6.98. The van der Waals surface area contributed by atoms with E-state index in [2.05, 4.69) is 40.3 Å². The molecule has 1 aliphatic carbocycles. The lowest BCUT2D eigenvalue weighted by Crippen LogP contribution is -2.44. The first-order valence-electron chi connectivity index (χ1n) is 10.4. The largest absolute Gasteiger partial charge is 0.384 e. The maximum Gasteiger partial charge on any atom is 0.135 e. The molecule has 1 saturated heterocycles. The highest BCUT2D eigenvalue weighted by atomic mass is 15.2. The molecule has 27 heavy (non-hydrogen) atoms. The Morgan fingerprint density at radius 1 is 1.26 bits per heavy atom. The molecule has 1 unspecified atom stereocenters. The Hall–Kier alpha value is -2.14. The fraction of sp³-hybridized carbons (Fsp3) is 0.545. The fourth-order valence-electron chi connectivity index (χ4n) is 5.33. The summed E-state index contributed by atoms with van der Waals surface area (Å²) in [5.74, 6) is 1.78. The molecular weight excluding hydrogens is 334 g/mol. The molecule has 142 valence electrons. The third-order valence-electron chi connectivity index (χ3n) is 6.98. The number of nitrogens with two attached hydrogens (primary N) is 1. The van der Waals surface area contributed by atoms with Crippen molar-refractivity contribution in [1.82, 2.24) is 9.97 Å². The second-order valence-electron chi connectivity index (χ2n) is 8.54. The third kappa shape index (κ3) is 2.71. The molecule has 0 radical (unpaired) electrons. The highest BCUT2D eigenvalue weighted by Gasteiger charge is 2.42. The summed E-state index contributed by atoms with van der Waals surface area (Å²) < 4.78 is 0. The van der Waals surface area contributed by atoms with Crippen LogP contribution in [0.3, 0.4) is 0 Å². The van der Waals surface area contributed by atoms with Gasteiger partial charge in [-0.25, -0.2) is 9.97 Å². The van der Waals surface area contributed by atoms with Gasteiger partial charge in [0.15, 0.2) is 0 Å². The average Bonchev–Trinajstić information content (AvgIpc) is 3.24. The van der Waals surface area contributed by atoms with E-state index in [1.54, 1.807) is 6.33 Å². The van der Waals surface area contributed by atoms with Crippen molar-refractivity contribution in [2.45, 2.75) is 50.4 Å². The predicted octanol–water partition coefficient (Wildman–Crippen LogP) is 2.99. The first-order chi connectivity index (χ1) is 13.2. The van der Waals surface area contributed by atoms with Crippen LogP contribution in [0.5, 0.6) is 0 Å². The van der Waals surface area contributed by atoms with Crippen molar-refractivity contribution in [3.05, 3.63) is 46.9 Å². The van der Waals surface area contributed by atoms with Crippen LogP contribution >= 0.6 is 0 Å². The van der Waals surface area contributed by atoms with Gasteiger partial charge in [-0.2, -0.15) is 0 Å². The van der Waals surface area contributed by atoms with E-state index in [4.69, 9.17) is 10.7 Å². The van der Waals surface area contributed by atoms with Gasteiger partial charge in [-0.15, -0.1) is 0 Å². The zero-order valence-electron chi connectivity index (χ0n) is 16.2. The summed E-state index contributed by atoms with van der Waals surface area (Å²) >= 11 is 0. The number of hydrogen-bond acceptors (Lipinski definition) is 5. The van der Waals surface area contributed by atoms with Crippen LogP contribution in [-0.2, 0) is 18.3 Å². The van der Waals surface area contributed by atoms with E-state index in [0.717, 1.165) is 32.5 Å². The zero-order chi connectivity index (χ0) is 18.4. The highest BCUT2D eigenvalue weighted by Crippen LogP contribution is 2.46. The van der Waals surface area contributed by atoms with Crippen LogP contribution in [0, 0.1) is 0 Å². The average molecular weight is 364 g/mol. The number of nitrogens with zero attached hydrogens (tertiary/aromatic N) is 3. The lowest BCUT2D eigenvalue weighted by molar-refractivity contribution is 0.360. The second-order valence-corrected chi connectivity index (χ2v) is 8.54. The van der Waals surface area contributed by atoms with Gasteiger partial charge in [0.1, 0.15) is 12.1 Å². The maximum absolute atomic E-state index is 5.78. The molecule has 0 amide bonds. The molecule has 3 aliphatic rings. The number of rotatable bonds is 3. The summed E-state index contributed by atoms with van der Waals surface area (Å²) in [6.07, 6.45) is 7.38. The highest BCUT2D eigenvalue weighted by molar-refractivity contribution is 5.62. The van der Waals surface area contributed by atoms with Gasteiger partial charge in [-0.05, 0) is 61.8 Å². The van der Waals surface area contributed by atoms with Crippen molar-refractivity contribution < 1.29 is 0 Å². The predicted molar refractivity (Wildman–Crippen MR) is 110 cm³/mol. The number of aryl methyl sites for hydroxylation is 1. The molecule has 1 aromatic heterocycles. The molecule has 0 saturated carbocycles. The SMILES string of the molecule is CC1CCc2ncnc(N3CCC4(CC3)CNc3ccc(CCN)cc34)c21. The van der Waals surface area contributed by atoms with E-state index in [1.165, 1.54) is 53.2 Å². The molecule has 3 heterocycles. The molecule has 1 aromatic carbocycles. The summed E-state index contributed by atoms with van der Waals surface area (Å²) in [5, 5.41) is 3.66. The number of benzene rings is 1. The molecular formula is C22H29N5. The molecule has 0 bridgehead atoms. The zero-order valence-corrected chi connectivity index (χ0v) is 16.2. The molecule has 2 aromatic rings. The van der Waals surface area contributed by atoms with Gasteiger partial charge in [-0.3, -0.25) is 0 Å². The van der Waals surface area contributed by atoms with E-state index in [1.807, 2.05) is 0 Å². The van der Waals surface area contributed by atoms with E-state index < -0.39 is 0 Å².